The van der Waals surface area contributed by atoms with Crippen molar-refractivity contribution >= 4 is 34.5 Å². The summed E-state index contributed by atoms with van der Waals surface area (Å²) in [7, 11) is 0. The van der Waals surface area contributed by atoms with Gasteiger partial charge in [0.1, 0.15) is 17.7 Å². The predicted octanol–water partition coefficient (Wildman–Crippen LogP) is 3.84. The van der Waals surface area contributed by atoms with Crippen LogP contribution in [0.2, 0.25) is 0 Å². The number of nitrogens with one attached hydrogen (secondary N) is 1. The second-order valence-electron chi connectivity index (χ2n) is 6.68. The van der Waals surface area contributed by atoms with Crippen LogP contribution in [0.15, 0.2) is 47.5 Å². The van der Waals surface area contributed by atoms with E-state index in [1.807, 2.05) is 38.1 Å². The number of hydrogen-bond acceptors (Lipinski definition) is 5. The van der Waals surface area contributed by atoms with Crippen LogP contribution < -0.4 is 0 Å². The number of benzene rings is 1. The smallest absolute Gasteiger partial charge is 0.351 e. The number of H-pyrrole nitrogens is 1. The van der Waals surface area contributed by atoms with Crippen molar-refractivity contribution in [1.29, 1.82) is 5.26 Å². The Morgan fingerprint density at radius 3 is 2.90 bits per heavy atom. The second kappa shape index (κ2) is 9.01. The first-order valence-corrected chi connectivity index (χ1v) is 10.4. The first-order valence-electron chi connectivity index (χ1n) is 9.48. The van der Waals surface area contributed by atoms with Crippen molar-refractivity contribution in [3.05, 3.63) is 58.8 Å². The minimum absolute atomic E-state index is 0.0191. The third-order valence-corrected chi connectivity index (χ3v) is 6.27. The second-order valence-corrected chi connectivity index (χ2v) is 7.87. The average Bonchev–Trinajstić information content (AvgIpc) is 3.21. The summed E-state index contributed by atoms with van der Waals surface area (Å²) >= 11 is 1.28. The molecule has 1 N–H and O–H groups in total. The number of ether oxygens (including phenoxy) is 1. The van der Waals surface area contributed by atoms with Gasteiger partial charge in [0.05, 0.1) is 5.25 Å². The molecule has 6 nitrogen and oxygen atoms in total. The number of amides is 1. The van der Waals surface area contributed by atoms with Crippen LogP contribution in [0.4, 0.5) is 0 Å². The summed E-state index contributed by atoms with van der Waals surface area (Å²) < 4.78 is 5.01. The van der Waals surface area contributed by atoms with Crippen LogP contribution >= 0.6 is 11.8 Å². The first-order chi connectivity index (χ1) is 14.0. The average molecular weight is 410 g/mol. The SMILES string of the molecule is C=CCOC(=O)C(C#N)=C1SC(CCc2c(C)[nH]c3ccccc23)C(=O)N1CC. The number of hydrogen-bond donors (Lipinski definition) is 1. The topological polar surface area (TPSA) is 86.2 Å². The molecule has 1 aliphatic rings. The van der Waals surface area contributed by atoms with E-state index < -0.39 is 5.97 Å². The Balaban J connectivity index is 1.82. The van der Waals surface area contributed by atoms with E-state index in [0.717, 1.165) is 23.0 Å². The van der Waals surface area contributed by atoms with E-state index in [1.54, 1.807) is 0 Å². The van der Waals surface area contributed by atoms with E-state index in [9.17, 15) is 14.9 Å². The van der Waals surface area contributed by atoms with Gasteiger partial charge in [-0.15, -0.1) is 0 Å². The minimum Gasteiger partial charge on any atom is -0.457 e. The van der Waals surface area contributed by atoms with Crippen LogP contribution in [0.25, 0.3) is 10.9 Å². The number of thioether (sulfide) groups is 1. The molecule has 0 aliphatic carbocycles. The molecule has 1 saturated heterocycles. The van der Waals surface area contributed by atoms with Gasteiger partial charge in [0.25, 0.3) is 0 Å². The van der Waals surface area contributed by atoms with E-state index in [1.165, 1.54) is 28.3 Å². The van der Waals surface area contributed by atoms with Crippen LogP contribution in [-0.4, -0.2) is 40.2 Å². The number of rotatable bonds is 7. The number of para-hydroxylation sites is 1. The number of carbonyl (C=O) groups excluding carboxylic acids is 2. The van der Waals surface area contributed by atoms with E-state index in [2.05, 4.69) is 17.6 Å². The van der Waals surface area contributed by atoms with Crippen molar-refractivity contribution in [3.63, 3.8) is 0 Å². The van der Waals surface area contributed by atoms with Gasteiger partial charge in [0.2, 0.25) is 5.91 Å². The normalized spacial score (nSPS) is 18.0. The third kappa shape index (κ3) is 4.08. The van der Waals surface area contributed by atoms with Crippen LogP contribution in [0, 0.1) is 18.3 Å². The van der Waals surface area contributed by atoms with Crippen LogP contribution in [0.1, 0.15) is 24.6 Å². The third-order valence-electron chi connectivity index (χ3n) is 4.90. The Labute approximate surface area is 174 Å². The molecule has 3 rings (SSSR count). The van der Waals surface area contributed by atoms with Gasteiger partial charge >= 0.3 is 5.97 Å². The Morgan fingerprint density at radius 2 is 2.21 bits per heavy atom. The van der Waals surface area contributed by atoms with Gasteiger partial charge in [-0.1, -0.05) is 42.6 Å². The molecule has 1 unspecified atom stereocenters. The predicted molar refractivity (Wildman–Crippen MR) is 114 cm³/mol. The molecule has 29 heavy (non-hydrogen) atoms. The summed E-state index contributed by atoms with van der Waals surface area (Å²) in [4.78, 5) is 30.0. The summed E-state index contributed by atoms with van der Waals surface area (Å²) in [6, 6.07) is 10.0. The molecular formula is C22H23N3O3S. The highest BCUT2D eigenvalue weighted by Crippen LogP contribution is 2.40. The summed E-state index contributed by atoms with van der Waals surface area (Å²) in [5, 5.41) is 10.7. The fourth-order valence-electron chi connectivity index (χ4n) is 3.52. The number of aromatic nitrogens is 1. The summed E-state index contributed by atoms with van der Waals surface area (Å²) in [6.45, 7) is 7.77. The lowest BCUT2D eigenvalue weighted by molar-refractivity contribution is -0.137. The zero-order chi connectivity index (χ0) is 21.0. The zero-order valence-electron chi connectivity index (χ0n) is 16.5. The highest BCUT2D eigenvalue weighted by molar-refractivity contribution is 8.04. The Kier molecular flexibility index (Phi) is 6.45. The van der Waals surface area contributed by atoms with Crippen molar-refractivity contribution in [2.45, 2.75) is 31.9 Å². The highest BCUT2D eigenvalue weighted by atomic mass is 32.2. The molecule has 1 atom stereocenters. The molecule has 1 amide bonds. The lowest BCUT2D eigenvalue weighted by Crippen LogP contribution is -2.29. The molecule has 1 fully saturated rings. The maximum Gasteiger partial charge on any atom is 0.351 e. The number of nitriles is 1. The molecule has 1 aliphatic heterocycles. The molecule has 0 radical (unpaired) electrons. The Hall–Kier alpha value is -2.98. The number of aryl methyl sites for hydroxylation is 2. The summed E-state index contributed by atoms with van der Waals surface area (Å²) in [6.07, 6.45) is 2.79. The standard InChI is InChI=1S/C22H23N3O3S/c1-4-12-28-22(27)17(13-23)21-25(5-2)20(26)19(29-21)11-10-15-14(3)24-18-9-7-6-8-16(15)18/h4,6-9,19,24H,1,5,10-12H2,2-3H3. The molecule has 0 saturated carbocycles. The van der Waals surface area contributed by atoms with Gasteiger partial charge in [-0.05, 0) is 38.3 Å². The maximum atomic E-state index is 12.9. The minimum atomic E-state index is -0.728. The number of fused-ring (bicyclic) bond motifs is 1. The Bertz CT molecular complexity index is 1030. The molecule has 0 bridgehead atoms. The van der Waals surface area contributed by atoms with Gasteiger partial charge < -0.3 is 14.6 Å². The molecule has 150 valence electrons. The summed E-state index contributed by atoms with van der Waals surface area (Å²) in [5.74, 6) is -0.802. The molecule has 1 aromatic carbocycles. The first kappa shape index (κ1) is 20.7. The zero-order valence-corrected chi connectivity index (χ0v) is 17.3. The van der Waals surface area contributed by atoms with Crippen LogP contribution in [0.3, 0.4) is 0 Å². The molecule has 2 heterocycles. The lowest BCUT2D eigenvalue weighted by Gasteiger charge is -2.15. The summed E-state index contributed by atoms with van der Waals surface area (Å²) in [5.41, 5.74) is 3.24. The largest absolute Gasteiger partial charge is 0.457 e. The van der Waals surface area contributed by atoms with Crippen molar-refractivity contribution in [3.8, 4) is 6.07 Å². The van der Waals surface area contributed by atoms with E-state index >= 15 is 0 Å². The van der Waals surface area contributed by atoms with E-state index in [4.69, 9.17) is 4.74 Å². The van der Waals surface area contributed by atoms with Crippen molar-refractivity contribution < 1.29 is 14.3 Å². The van der Waals surface area contributed by atoms with Gasteiger partial charge in [0, 0.05) is 23.1 Å². The van der Waals surface area contributed by atoms with Crippen molar-refractivity contribution in [2.75, 3.05) is 13.2 Å². The van der Waals surface area contributed by atoms with Crippen molar-refractivity contribution in [2.24, 2.45) is 0 Å². The fraction of sp³-hybridized carbons (Fsp3) is 0.318. The van der Waals surface area contributed by atoms with Gasteiger partial charge in [-0.25, -0.2) is 4.79 Å². The highest BCUT2D eigenvalue weighted by Gasteiger charge is 2.39. The number of carbonyl (C=O) groups is 2. The van der Waals surface area contributed by atoms with Gasteiger partial charge in [0.15, 0.2) is 5.57 Å². The maximum absolute atomic E-state index is 12.9. The van der Waals surface area contributed by atoms with E-state index in [0.29, 0.717) is 18.0 Å². The molecule has 0 spiro atoms. The monoisotopic (exact) mass is 409 g/mol. The lowest BCUT2D eigenvalue weighted by atomic mass is 10.0. The number of aromatic amines is 1. The molecular weight excluding hydrogens is 386 g/mol. The van der Waals surface area contributed by atoms with E-state index in [-0.39, 0.29) is 23.3 Å². The van der Waals surface area contributed by atoms with Crippen LogP contribution in [0.5, 0.6) is 0 Å². The quantitative estimate of drug-likeness (QED) is 0.325. The fourth-order valence-corrected chi connectivity index (χ4v) is 4.84. The molecule has 2 aromatic rings. The van der Waals surface area contributed by atoms with Gasteiger partial charge in [-0.2, -0.15) is 5.26 Å². The van der Waals surface area contributed by atoms with Crippen molar-refractivity contribution in [1.82, 2.24) is 9.88 Å². The Morgan fingerprint density at radius 1 is 1.45 bits per heavy atom. The van der Waals surface area contributed by atoms with Gasteiger partial charge in [-0.3, -0.25) is 4.79 Å². The molecule has 1 aromatic heterocycles. The van der Waals surface area contributed by atoms with Crippen LogP contribution in [-0.2, 0) is 20.7 Å². The number of nitrogens with zero attached hydrogens (tertiary/aromatic N) is 2. The number of esters is 1. The molecule has 7 heteroatoms.